The van der Waals surface area contributed by atoms with Gasteiger partial charge in [-0.25, -0.2) is 0 Å². The molecule has 2 amide bonds. The Labute approximate surface area is 205 Å². The Kier molecular flexibility index (Phi) is 9.95. The van der Waals surface area contributed by atoms with E-state index in [9.17, 15) is 9.59 Å². The molecule has 1 aromatic heterocycles. The van der Waals surface area contributed by atoms with Crippen LogP contribution in [0.1, 0.15) is 12.0 Å². The van der Waals surface area contributed by atoms with Gasteiger partial charge in [0.25, 0.3) is 0 Å². The summed E-state index contributed by atoms with van der Waals surface area (Å²) in [5.41, 5.74) is 1.90. The van der Waals surface area contributed by atoms with E-state index in [0.717, 1.165) is 15.6 Å². The minimum absolute atomic E-state index is 0.0629. The molecule has 0 bridgehead atoms. The second kappa shape index (κ2) is 13.1. The zero-order chi connectivity index (χ0) is 23.5. The molecule has 0 spiro atoms. The second-order valence-electron chi connectivity index (χ2n) is 7.07. The smallest absolute Gasteiger partial charge is 0.248 e. The van der Waals surface area contributed by atoms with Crippen LogP contribution < -0.4 is 5.32 Å². The van der Waals surface area contributed by atoms with Crippen LogP contribution in [0.15, 0.2) is 59.1 Å². The first-order valence-corrected chi connectivity index (χ1v) is 11.9. The summed E-state index contributed by atoms with van der Waals surface area (Å²) >= 11 is 4.73. The Morgan fingerprint density at radius 2 is 1.91 bits per heavy atom. The highest BCUT2D eigenvalue weighted by Gasteiger charge is 2.16. The van der Waals surface area contributed by atoms with Crippen molar-refractivity contribution in [3.63, 3.8) is 0 Å². The molecule has 0 aliphatic carbocycles. The molecular formula is C23H25BrN4O4S. The fourth-order valence-corrected chi connectivity index (χ4v) is 4.07. The lowest BCUT2D eigenvalue weighted by atomic mass is 10.2. The Morgan fingerprint density at radius 3 is 2.67 bits per heavy atom. The van der Waals surface area contributed by atoms with E-state index in [1.807, 2.05) is 54.6 Å². The number of hydrogen-bond acceptors (Lipinski definition) is 7. The number of methoxy groups -OCH3 is 1. The number of carbonyl (C=O) groups excluding carboxylic acids is 2. The molecule has 0 saturated carbocycles. The van der Waals surface area contributed by atoms with E-state index in [4.69, 9.17) is 9.47 Å². The summed E-state index contributed by atoms with van der Waals surface area (Å²) in [5.74, 6) is -0.434. The monoisotopic (exact) mass is 532 g/mol. The normalized spacial score (nSPS) is 10.7. The standard InChI is InChI=1S/C23H25BrN4O4S/c1-31-13-12-28(21(30)16-32-15-17-6-3-2-4-7-17)11-10-20(29)25-23-27-26-22(33-23)18-8-5-9-19(24)14-18/h2-9,14H,10-13,15-16H2,1H3,(H,25,27,29). The Morgan fingerprint density at radius 1 is 1.09 bits per heavy atom. The average molecular weight is 533 g/mol. The molecule has 0 aliphatic rings. The van der Waals surface area contributed by atoms with Crippen LogP contribution in [0.2, 0.25) is 0 Å². The Hall–Kier alpha value is -2.66. The minimum Gasteiger partial charge on any atom is -0.383 e. The first-order valence-electron chi connectivity index (χ1n) is 10.3. The summed E-state index contributed by atoms with van der Waals surface area (Å²) in [6.45, 7) is 1.29. The molecule has 0 aliphatic heterocycles. The molecule has 33 heavy (non-hydrogen) atoms. The van der Waals surface area contributed by atoms with Gasteiger partial charge >= 0.3 is 0 Å². The van der Waals surface area contributed by atoms with E-state index in [1.54, 1.807) is 12.0 Å². The first-order chi connectivity index (χ1) is 16.0. The number of nitrogens with zero attached hydrogens (tertiary/aromatic N) is 3. The van der Waals surface area contributed by atoms with E-state index in [1.165, 1.54) is 11.3 Å². The molecule has 0 fully saturated rings. The van der Waals surface area contributed by atoms with Gasteiger partial charge in [0.15, 0.2) is 0 Å². The third kappa shape index (κ3) is 8.32. The quantitative estimate of drug-likeness (QED) is 0.379. The zero-order valence-electron chi connectivity index (χ0n) is 18.2. The highest BCUT2D eigenvalue weighted by atomic mass is 79.9. The molecule has 10 heteroatoms. The number of nitrogens with one attached hydrogen (secondary N) is 1. The Bertz CT molecular complexity index is 1050. The van der Waals surface area contributed by atoms with Gasteiger partial charge in [0.05, 0.1) is 13.2 Å². The largest absolute Gasteiger partial charge is 0.383 e. The van der Waals surface area contributed by atoms with E-state index in [2.05, 4.69) is 31.4 Å². The molecule has 174 valence electrons. The van der Waals surface area contributed by atoms with Crippen LogP contribution in [0.25, 0.3) is 10.6 Å². The van der Waals surface area contributed by atoms with Crippen LogP contribution in [0.4, 0.5) is 5.13 Å². The van der Waals surface area contributed by atoms with E-state index < -0.39 is 0 Å². The maximum Gasteiger partial charge on any atom is 0.248 e. The molecule has 0 unspecified atom stereocenters. The lowest BCUT2D eigenvalue weighted by molar-refractivity contribution is -0.137. The van der Waals surface area contributed by atoms with E-state index >= 15 is 0 Å². The molecule has 1 N–H and O–H groups in total. The predicted molar refractivity (Wildman–Crippen MR) is 131 cm³/mol. The number of rotatable bonds is 12. The van der Waals surface area contributed by atoms with Crippen molar-refractivity contribution in [2.24, 2.45) is 0 Å². The number of amides is 2. The number of anilines is 1. The van der Waals surface area contributed by atoms with Crippen molar-refractivity contribution in [2.75, 3.05) is 38.7 Å². The molecule has 3 rings (SSSR count). The lowest BCUT2D eigenvalue weighted by Gasteiger charge is -2.22. The van der Waals surface area contributed by atoms with Gasteiger partial charge in [-0.3, -0.25) is 9.59 Å². The molecule has 0 atom stereocenters. The second-order valence-corrected chi connectivity index (χ2v) is 8.97. The van der Waals surface area contributed by atoms with Gasteiger partial charge in [0, 0.05) is 36.7 Å². The average Bonchev–Trinajstić information content (AvgIpc) is 3.28. The number of carbonyl (C=O) groups is 2. The predicted octanol–water partition coefficient (Wildman–Crippen LogP) is 3.99. The van der Waals surface area contributed by atoms with Crippen molar-refractivity contribution in [1.82, 2.24) is 15.1 Å². The number of ether oxygens (including phenoxy) is 2. The van der Waals surface area contributed by atoms with Crippen LogP contribution in [0, 0.1) is 0 Å². The minimum atomic E-state index is -0.243. The van der Waals surface area contributed by atoms with Gasteiger partial charge in [-0.1, -0.05) is 69.7 Å². The summed E-state index contributed by atoms with van der Waals surface area (Å²) in [5, 5.41) is 12.1. The fraction of sp³-hybridized carbons (Fsp3) is 0.304. The van der Waals surface area contributed by atoms with Gasteiger partial charge in [0.1, 0.15) is 11.6 Å². The summed E-state index contributed by atoms with van der Waals surface area (Å²) in [6.07, 6.45) is 0.125. The van der Waals surface area contributed by atoms with Gasteiger partial charge in [-0.05, 0) is 17.7 Å². The van der Waals surface area contributed by atoms with E-state index in [-0.39, 0.29) is 31.4 Å². The molecule has 8 nitrogen and oxygen atoms in total. The van der Waals surface area contributed by atoms with Gasteiger partial charge < -0.3 is 19.7 Å². The molecule has 2 aromatic carbocycles. The van der Waals surface area contributed by atoms with Gasteiger partial charge in [-0.2, -0.15) is 0 Å². The summed E-state index contributed by atoms with van der Waals surface area (Å²) < 4.78 is 11.6. The molecule has 1 heterocycles. The van der Waals surface area contributed by atoms with Crippen molar-refractivity contribution >= 4 is 44.2 Å². The van der Waals surface area contributed by atoms with Crippen molar-refractivity contribution < 1.29 is 19.1 Å². The maximum atomic E-state index is 12.6. The summed E-state index contributed by atoms with van der Waals surface area (Å²) in [6, 6.07) is 17.3. The third-order valence-electron chi connectivity index (χ3n) is 4.61. The first kappa shape index (κ1) is 25.0. The molecule has 3 aromatic rings. The van der Waals surface area contributed by atoms with Crippen molar-refractivity contribution in [3.05, 3.63) is 64.6 Å². The number of hydrogen-bond donors (Lipinski definition) is 1. The van der Waals surface area contributed by atoms with Crippen LogP contribution in [-0.4, -0.2) is 60.3 Å². The summed E-state index contributed by atoms with van der Waals surface area (Å²) in [7, 11) is 1.57. The van der Waals surface area contributed by atoms with Crippen molar-refractivity contribution in [1.29, 1.82) is 0 Å². The highest BCUT2D eigenvalue weighted by Crippen LogP contribution is 2.28. The number of aromatic nitrogens is 2. The Balaban J connectivity index is 1.48. The molecule has 0 saturated heterocycles. The zero-order valence-corrected chi connectivity index (χ0v) is 20.6. The van der Waals surface area contributed by atoms with Crippen LogP contribution in [0.5, 0.6) is 0 Å². The fourth-order valence-electron chi connectivity index (χ4n) is 2.91. The van der Waals surface area contributed by atoms with Crippen molar-refractivity contribution in [2.45, 2.75) is 13.0 Å². The lowest BCUT2D eigenvalue weighted by Crippen LogP contribution is -2.38. The molecular weight excluding hydrogens is 508 g/mol. The summed E-state index contributed by atoms with van der Waals surface area (Å²) in [4.78, 5) is 26.6. The third-order valence-corrected chi connectivity index (χ3v) is 5.99. The SMILES string of the molecule is COCCN(CCC(=O)Nc1nnc(-c2cccc(Br)c2)s1)C(=O)COCc1ccccc1. The molecule has 0 radical (unpaired) electrons. The topological polar surface area (TPSA) is 93.6 Å². The van der Waals surface area contributed by atoms with Crippen LogP contribution in [-0.2, 0) is 25.7 Å². The number of benzene rings is 2. The van der Waals surface area contributed by atoms with Crippen LogP contribution >= 0.6 is 27.3 Å². The van der Waals surface area contributed by atoms with Gasteiger partial charge in [-0.15, -0.1) is 10.2 Å². The number of halogens is 1. The van der Waals surface area contributed by atoms with E-state index in [0.29, 0.717) is 29.9 Å². The van der Waals surface area contributed by atoms with Crippen LogP contribution in [0.3, 0.4) is 0 Å². The van der Waals surface area contributed by atoms with Gasteiger partial charge in [0.2, 0.25) is 16.9 Å². The highest BCUT2D eigenvalue weighted by molar-refractivity contribution is 9.10. The van der Waals surface area contributed by atoms with Crippen molar-refractivity contribution in [3.8, 4) is 10.6 Å². The maximum absolute atomic E-state index is 12.6.